The van der Waals surface area contributed by atoms with E-state index < -0.39 is 0 Å². The molecule has 2 N–H and O–H groups in total. The maximum atomic E-state index is 11.6. The smallest absolute Gasteiger partial charge is 0.252 e. The first-order chi connectivity index (χ1) is 7.17. The van der Waals surface area contributed by atoms with Gasteiger partial charge in [-0.25, -0.2) is 0 Å². The molecule has 78 valence electrons. The summed E-state index contributed by atoms with van der Waals surface area (Å²) in [5, 5.41) is 2.63. The van der Waals surface area contributed by atoms with Gasteiger partial charge in [-0.3, -0.25) is 9.59 Å². The minimum atomic E-state index is -0.328. The zero-order chi connectivity index (χ0) is 11.3. The molecule has 0 bridgehead atoms. The number of nitrogens with one attached hydrogen (secondary N) is 2. The molecule has 0 radical (unpaired) electrons. The Morgan fingerprint density at radius 3 is 3.00 bits per heavy atom. The highest BCUT2D eigenvalue weighted by molar-refractivity contribution is 5.94. The number of aromatic amines is 1. The maximum Gasteiger partial charge on any atom is 0.252 e. The van der Waals surface area contributed by atoms with Crippen molar-refractivity contribution in [3.05, 3.63) is 34.2 Å². The van der Waals surface area contributed by atoms with Gasteiger partial charge in [0.15, 0.2) is 0 Å². The van der Waals surface area contributed by atoms with Crippen molar-refractivity contribution in [2.75, 3.05) is 0 Å². The van der Waals surface area contributed by atoms with Crippen LogP contribution in [0.2, 0.25) is 0 Å². The van der Waals surface area contributed by atoms with Gasteiger partial charge in [-0.05, 0) is 12.5 Å². The van der Waals surface area contributed by atoms with Gasteiger partial charge in [0.2, 0.25) is 5.56 Å². The van der Waals surface area contributed by atoms with Crippen molar-refractivity contribution >= 4 is 5.91 Å². The van der Waals surface area contributed by atoms with Crippen molar-refractivity contribution in [2.24, 2.45) is 0 Å². The molecule has 1 aromatic rings. The second-order valence-electron chi connectivity index (χ2n) is 3.04. The summed E-state index contributed by atoms with van der Waals surface area (Å²) in [6.45, 7) is 1.88. The topological polar surface area (TPSA) is 62.0 Å². The molecular formula is C11H12N2O2. The molecule has 0 saturated heterocycles. The summed E-state index contributed by atoms with van der Waals surface area (Å²) in [6, 6.07) is 2.47. The number of aromatic nitrogens is 1. The average molecular weight is 204 g/mol. The first kappa shape index (κ1) is 11.1. The van der Waals surface area contributed by atoms with Crippen LogP contribution in [0.4, 0.5) is 0 Å². The summed E-state index contributed by atoms with van der Waals surface area (Å²) in [5.74, 6) is 2.12. The van der Waals surface area contributed by atoms with Crippen molar-refractivity contribution < 1.29 is 4.79 Å². The molecule has 0 aliphatic rings. The van der Waals surface area contributed by atoms with Crippen molar-refractivity contribution in [3.8, 4) is 12.3 Å². The second kappa shape index (κ2) is 5.01. The van der Waals surface area contributed by atoms with Gasteiger partial charge >= 0.3 is 0 Å². The summed E-state index contributed by atoms with van der Waals surface area (Å²) >= 11 is 0. The van der Waals surface area contributed by atoms with E-state index in [1.807, 2.05) is 6.92 Å². The zero-order valence-electron chi connectivity index (χ0n) is 8.41. The molecule has 15 heavy (non-hydrogen) atoms. The molecule has 1 heterocycles. The van der Waals surface area contributed by atoms with Crippen molar-refractivity contribution in [1.82, 2.24) is 10.3 Å². The first-order valence-electron chi connectivity index (χ1n) is 4.63. The third-order valence-electron chi connectivity index (χ3n) is 1.95. The minimum absolute atomic E-state index is 0.295. The fourth-order valence-corrected chi connectivity index (χ4v) is 1.09. The Morgan fingerprint density at radius 1 is 1.73 bits per heavy atom. The van der Waals surface area contributed by atoms with Gasteiger partial charge in [-0.1, -0.05) is 12.8 Å². The largest absolute Gasteiger partial charge is 0.338 e. The van der Waals surface area contributed by atoms with Crippen LogP contribution in [-0.4, -0.2) is 16.9 Å². The SMILES string of the molecule is C#CC(CC)NC(=O)c1cc[nH]c(=O)c1. The molecule has 1 rings (SSSR count). The van der Waals surface area contributed by atoms with Gasteiger partial charge in [0.05, 0.1) is 6.04 Å². The Kier molecular flexibility index (Phi) is 3.69. The molecule has 4 heteroatoms. The van der Waals surface area contributed by atoms with E-state index in [1.54, 1.807) is 0 Å². The molecule has 0 spiro atoms. The average Bonchev–Trinajstić information content (AvgIpc) is 2.25. The lowest BCUT2D eigenvalue weighted by Crippen LogP contribution is -2.33. The molecule has 1 atom stereocenters. The number of terminal acetylenes is 1. The number of H-pyrrole nitrogens is 1. The summed E-state index contributed by atoms with van der Waals surface area (Å²) in [5.41, 5.74) is 0.00357. The highest BCUT2D eigenvalue weighted by atomic mass is 16.2. The molecule has 0 aliphatic heterocycles. The Labute approximate surface area is 87.7 Å². The lowest BCUT2D eigenvalue weighted by molar-refractivity contribution is 0.0945. The molecular weight excluding hydrogens is 192 g/mol. The van der Waals surface area contributed by atoms with E-state index in [-0.39, 0.29) is 17.5 Å². The van der Waals surface area contributed by atoms with Crippen molar-refractivity contribution in [2.45, 2.75) is 19.4 Å². The first-order valence-corrected chi connectivity index (χ1v) is 4.63. The molecule has 0 saturated carbocycles. The summed E-state index contributed by atoms with van der Waals surface area (Å²) in [7, 11) is 0. The van der Waals surface area contributed by atoms with E-state index in [4.69, 9.17) is 6.42 Å². The molecule has 0 aromatic carbocycles. The molecule has 1 amide bonds. The number of pyridine rings is 1. The Bertz CT molecular complexity index is 442. The summed E-state index contributed by atoms with van der Waals surface area (Å²) in [6.07, 6.45) is 7.29. The van der Waals surface area contributed by atoms with E-state index in [2.05, 4.69) is 16.2 Å². The quantitative estimate of drug-likeness (QED) is 0.705. The van der Waals surface area contributed by atoms with Crippen LogP contribution in [-0.2, 0) is 0 Å². The lowest BCUT2D eigenvalue weighted by atomic mass is 10.2. The molecule has 4 nitrogen and oxygen atoms in total. The molecule has 1 aromatic heterocycles. The Morgan fingerprint density at radius 2 is 2.47 bits per heavy atom. The fourth-order valence-electron chi connectivity index (χ4n) is 1.09. The fraction of sp³-hybridized carbons (Fsp3) is 0.273. The van der Waals surface area contributed by atoms with E-state index in [0.717, 1.165) is 0 Å². The standard InChI is InChI=1S/C11H12N2O2/c1-3-9(4-2)13-11(15)8-5-6-12-10(14)7-8/h1,5-7,9H,4H2,2H3,(H,12,14)(H,13,15). The maximum absolute atomic E-state index is 11.6. The third kappa shape index (κ3) is 2.99. The Hall–Kier alpha value is -2.02. The highest BCUT2D eigenvalue weighted by Crippen LogP contribution is 1.95. The van der Waals surface area contributed by atoms with Crippen molar-refractivity contribution in [1.29, 1.82) is 0 Å². The van der Waals surface area contributed by atoms with Crippen LogP contribution in [0.1, 0.15) is 23.7 Å². The van der Waals surface area contributed by atoms with Crippen LogP contribution in [0, 0.1) is 12.3 Å². The van der Waals surface area contributed by atoms with Gasteiger partial charge in [0.1, 0.15) is 0 Å². The molecule has 0 aliphatic carbocycles. The number of carbonyl (C=O) groups excluding carboxylic acids is 1. The van der Waals surface area contributed by atoms with Gasteiger partial charge in [-0.15, -0.1) is 6.42 Å². The Balaban J connectivity index is 2.78. The summed E-state index contributed by atoms with van der Waals surface area (Å²) < 4.78 is 0. The van der Waals surface area contributed by atoms with Gasteiger partial charge < -0.3 is 10.3 Å². The predicted octanol–water partition coefficient (Wildman–Crippen LogP) is 0.517. The van der Waals surface area contributed by atoms with Crippen LogP contribution in [0.15, 0.2) is 23.1 Å². The number of rotatable bonds is 3. The van der Waals surface area contributed by atoms with Gasteiger partial charge in [0, 0.05) is 17.8 Å². The van der Waals surface area contributed by atoms with E-state index in [1.165, 1.54) is 18.3 Å². The van der Waals surface area contributed by atoms with Gasteiger partial charge in [0.25, 0.3) is 5.91 Å². The van der Waals surface area contributed by atoms with E-state index >= 15 is 0 Å². The zero-order valence-corrected chi connectivity index (χ0v) is 8.41. The second-order valence-corrected chi connectivity index (χ2v) is 3.04. The van der Waals surface area contributed by atoms with Crippen LogP contribution in [0.5, 0.6) is 0 Å². The predicted molar refractivity (Wildman–Crippen MR) is 57.4 cm³/mol. The highest BCUT2D eigenvalue weighted by Gasteiger charge is 2.09. The monoisotopic (exact) mass is 204 g/mol. The minimum Gasteiger partial charge on any atom is -0.338 e. The van der Waals surface area contributed by atoms with Gasteiger partial charge in [-0.2, -0.15) is 0 Å². The third-order valence-corrected chi connectivity index (χ3v) is 1.95. The van der Waals surface area contributed by atoms with Crippen LogP contribution in [0.25, 0.3) is 0 Å². The number of hydrogen-bond donors (Lipinski definition) is 2. The van der Waals surface area contributed by atoms with E-state index in [9.17, 15) is 9.59 Å². The van der Waals surface area contributed by atoms with E-state index in [0.29, 0.717) is 12.0 Å². The molecule has 1 unspecified atom stereocenters. The molecule has 0 fully saturated rings. The van der Waals surface area contributed by atoms with Crippen LogP contribution in [0.3, 0.4) is 0 Å². The normalized spacial score (nSPS) is 11.5. The number of hydrogen-bond acceptors (Lipinski definition) is 2. The van der Waals surface area contributed by atoms with Crippen LogP contribution >= 0.6 is 0 Å². The lowest BCUT2D eigenvalue weighted by Gasteiger charge is -2.09. The van der Waals surface area contributed by atoms with Crippen LogP contribution < -0.4 is 10.9 Å². The number of carbonyl (C=O) groups is 1. The number of amides is 1. The summed E-state index contributed by atoms with van der Waals surface area (Å²) in [4.78, 5) is 24.9. The van der Waals surface area contributed by atoms with Crippen molar-refractivity contribution in [3.63, 3.8) is 0 Å².